The molecule has 2 aromatic carbocycles. The van der Waals surface area contributed by atoms with Crippen LogP contribution in [0.15, 0.2) is 60.7 Å². The molecule has 0 atom stereocenters. The van der Waals surface area contributed by atoms with Crippen LogP contribution in [0.4, 0.5) is 4.79 Å². The van der Waals surface area contributed by atoms with E-state index in [0.29, 0.717) is 12.3 Å². The number of ether oxygens (including phenoxy) is 1. The molecular weight excluding hydrogens is 390 g/mol. The number of hydrogen-bond acceptors (Lipinski definition) is 5. The van der Waals surface area contributed by atoms with Crippen molar-refractivity contribution in [1.82, 2.24) is 16.0 Å². The zero-order valence-electron chi connectivity index (χ0n) is 16.1. The minimum Gasteiger partial charge on any atom is -0.445 e. The zero-order valence-corrected chi connectivity index (χ0v) is 16.9. The number of amides is 3. The third kappa shape index (κ3) is 10.2. The summed E-state index contributed by atoms with van der Waals surface area (Å²) in [5, 5.41) is 7.74. The van der Waals surface area contributed by atoms with Gasteiger partial charge in [-0.1, -0.05) is 60.7 Å². The molecule has 7 nitrogen and oxygen atoms in total. The molecule has 154 valence electrons. The van der Waals surface area contributed by atoms with Crippen molar-refractivity contribution in [2.24, 2.45) is 0 Å². The van der Waals surface area contributed by atoms with Crippen molar-refractivity contribution >= 4 is 29.7 Å². The maximum Gasteiger partial charge on any atom is 0.407 e. The maximum absolute atomic E-state index is 11.8. The first kappa shape index (κ1) is 22.3. The molecule has 0 radical (unpaired) electrons. The first-order valence-corrected chi connectivity index (χ1v) is 10.4. The Hall–Kier alpha value is -3.00. The topological polar surface area (TPSA) is 96.5 Å². The molecule has 0 unspecified atom stereocenters. The van der Waals surface area contributed by atoms with Gasteiger partial charge in [-0.25, -0.2) is 4.79 Å². The summed E-state index contributed by atoms with van der Waals surface area (Å²) in [6.45, 7) is 0.570. The number of carbonyl (C=O) groups is 3. The van der Waals surface area contributed by atoms with Gasteiger partial charge < -0.3 is 20.7 Å². The maximum atomic E-state index is 11.8. The van der Waals surface area contributed by atoms with E-state index in [1.54, 1.807) is 0 Å². The van der Waals surface area contributed by atoms with E-state index >= 15 is 0 Å². The average Bonchev–Trinajstić information content (AvgIpc) is 2.75. The van der Waals surface area contributed by atoms with Gasteiger partial charge in [-0.3, -0.25) is 9.59 Å². The summed E-state index contributed by atoms with van der Waals surface area (Å²) in [7, 11) is 0. The van der Waals surface area contributed by atoms with Crippen LogP contribution in [0.5, 0.6) is 0 Å². The largest absolute Gasteiger partial charge is 0.445 e. The van der Waals surface area contributed by atoms with Crippen molar-refractivity contribution < 1.29 is 19.1 Å². The molecule has 0 heterocycles. The van der Waals surface area contributed by atoms with E-state index < -0.39 is 6.09 Å². The summed E-state index contributed by atoms with van der Waals surface area (Å²) >= 11 is 1.53. The van der Waals surface area contributed by atoms with Gasteiger partial charge >= 0.3 is 6.09 Å². The predicted octanol–water partition coefficient (Wildman–Crippen LogP) is 2.08. The van der Waals surface area contributed by atoms with Gasteiger partial charge in [0, 0.05) is 18.8 Å². The molecule has 2 aromatic rings. The van der Waals surface area contributed by atoms with Gasteiger partial charge in [-0.05, 0) is 11.1 Å². The summed E-state index contributed by atoms with van der Waals surface area (Å²) in [6, 6.07) is 19.2. The Morgan fingerprint density at radius 3 is 2.00 bits per heavy atom. The van der Waals surface area contributed by atoms with E-state index in [9.17, 15) is 14.4 Å². The smallest absolute Gasteiger partial charge is 0.407 e. The number of thioether (sulfide) groups is 1. The lowest BCUT2D eigenvalue weighted by Crippen LogP contribution is -2.40. The standard InChI is InChI=1S/C21H25N3O4S/c25-19(13-24-21(27)28-14-17-7-3-1-4-8-17)22-11-12-23-20(26)16-29-15-18-9-5-2-6-10-18/h1-10H,11-16H2,(H,22,25)(H,23,26)(H,24,27). The Balaban J connectivity index is 1.46. The third-order valence-corrected chi connectivity index (χ3v) is 4.72. The fourth-order valence-electron chi connectivity index (χ4n) is 2.28. The normalized spacial score (nSPS) is 10.1. The molecule has 0 aliphatic carbocycles. The second kappa shape index (κ2) is 13.2. The summed E-state index contributed by atoms with van der Waals surface area (Å²) < 4.78 is 5.02. The van der Waals surface area contributed by atoms with E-state index in [-0.39, 0.29) is 31.5 Å². The molecule has 3 N–H and O–H groups in total. The van der Waals surface area contributed by atoms with Gasteiger partial charge in [0.05, 0.1) is 12.3 Å². The number of carbonyl (C=O) groups excluding carboxylic acids is 3. The molecule has 2 rings (SSSR count). The average molecular weight is 416 g/mol. The van der Waals surface area contributed by atoms with Gasteiger partial charge in [-0.15, -0.1) is 11.8 Å². The van der Waals surface area contributed by atoms with Crippen LogP contribution in [0.25, 0.3) is 0 Å². The van der Waals surface area contributed by atoms with Crippen molar-refractivity contribution in [3.05, 3.63) is 71.8 Å². The molecule has 0 saturated carbocycles. The highest BCUT2D eigenvalue weighted by molar-refractivity contribution is 7.99. The van der Waals surface area contributed by atoms with Crippen LogP contribution in [0.1, 0.15) is 11.1 Å². The van der Waals surface area contributed by atoms with Crippen LogP contribution < -0.4 is 16.0 Å². The van der Waals surface area contributed by atoms with Crippen molar-refractivity contribution in [3.8, 4) is 0 Å². The molecule has 0 aliphatic heterocycles. The van der Waals surface area contributed by atoms with E-state index in [1.165, 1.54) is 17.3 Å². The highest BCUT2D eigenvalue weighted by atomic mass is 32.2. The lowest BCUT2D eigenvalue weighted by molar-refractivity contribution is -0.121. The van der Waals surface area contributed by atoms with Crippen molar-refractivity contribution in [2.75, 3.05) is 25.4 Å². The molecule has 3 amide bonds. The molecule has 0 spiro atoms. The summed E-state index contributed by atoms with van der Waals surface area (Å²) in [5.41, 5.74) is 2.04. The van der Waals surface area contributed by atoms with Crippen molar-refractivity contribution in [2.45, 2.75) is 12.4 Å². The van der Waals surface area contributed by atoms with E-state index in [4.69, 9.17) is 4.74 Å². The van der Waals surface area contributed by atoms with E-state index in [0.717, 1.165) is 11.3 Å². The second-order valence-electron chi connectivity index (χ2n) is 6.09. The Kier molecular flexibility index (Phi) is 10.2. The van der Waals surface area contributed by atoms with Gasteiger partial charge in [-0.2, -0.15) is 0 Å². The Labute approximate surface area is 174 Å². The zero-order chi connectivity index (χ0) is 20.7. The fraction of sp³-hybridized carbons (Fsp3) is 0.286. The highest BCUT2D eigenvalue weighted by Crippen LogP contribution is 2.10. The highest BCUT2D eigenvalue weighted by Gasteiger charge is 2.07. The van der Waals surface area contributed by atoms with Crippen LogP contribution in [-0.4, -0.2) is 43.3 Å². The first-order chi connectivity index (χ1) is 14.1. The molecule has 0 saturated heterocycles. The predicted molar refractivity (Wildman–Crippen MR) is 113 cm³/mol. The number of alkyl carbamates (subject to hydrolysis) is 1. The van der Waals surface area contributed by atoms with Crippen LogP contribution in [0.3, 0.4) is 0 Å². The molecule has 8 heteroatoms. The molecule has 29 heavy (non-hydrogen) atoms. The summed E-state index contributed by atoms with van der Waals surface area (Å²) in [6.07, 6.45) is -0.659. The Morgan fingerprint density at radius 2 is 1.34 bits per heavy atom. The van der Waals surface area contributed by atoms with Gasteiger partial charge in [0.25, 0.3) is 0 Å². The van der Waals surface area contributed by atoms with E-state index in [1.807, 2.05) is 60.7 Å². The quantitative estimate of drug-likeness (QED) is 0.488. The van der Waals surface area contributed by atoms with Gasteiger partial charge in [0.15, 0.2) is 0 Å². The number of rotatable bonds is 11. The SMILES string of the molecule is O=C(CNC(=O)OCc1ccccc1)NCCNC(=O)CSCc1ccccc1. The molecule has 0 bridgehead atoms. The molecular formula is C21H25N3O4S. The monoisotopic (exact) mass is 415 g/mol. The fourth-order valence-corrected chi connectivity index (χ4v) is 3.10. The summed E-state index contributed by atoms with van der Waals surface area (Å²) in [5.74, 6) is 0.700. The number of hydrogen-bond donors (Lipinski definition) is 3. The second-order valence-corrected chi connectivity index (χ2v) is 7.08. The van der Waals surface area contributed by atoms with Crippen molar-refractivity contribution in [1.29, 1.82) is 0 Å². The van der Waals surface area contributed by atoms with E-state index in [2.05, 4.69) is 16.0 Å². The minimum atomic E-state index is -0.659. The van der Waals surface area contributed by atoms with Gasteiger partial charge in [0.2, 0.25) is 11.8 Å². The van der Waals surface area contributed by atoms with Gasteiger partial charge in [0.1, 0.15) is 6.61 Å². The Bertz CT molecular complexity index is 772. The number of benzene rings is 2. The number of nitrogens with one attached hydrogen (secondary N) is 3. The lowest BCUT2D eigenvalue weighted by Gasteiger charge is -2.09. The lowest BCUT2D eigenvalue weighted by atomic mass is 10.2. The molecule has 0 fully saturated rings. The van der Waals surface area contributed by atoms with Crippen LogP contribution in [0, 0.1) is 0 Å². The third-order valence-electron chi connectivity index (χ3n) is 3.72. The Morgan fingerprint density at radius 1 is 0.759 bits per heavy atom. The first-order valence-electron chi connectivity index (χ1n) is 9.23. The summed E-state index contributed by atoms with van der Waals surface area (Å²) in [4.78, 5) is 35.0. The van der Waals surface area contributed by atoms with Crippen molar-refractivity contribution in [3.63, 3.8) is 0 Å². The van der Waals surface area contributed by atoms with Crippen LogP contribution in [-0.2, 0) is 26.7 Å². The molecule has 0 aromatic heterocycles. The molecule has 0 aliphatic rings. The van der Waals surface area contributed by atoms with Crippen LogP contribution >= 0.6 is 11.8 Å². The minimum absolute atomic E-state index is 0.0807. The van der Waals surface area contributed by atoms with Crippen LogP contribution in [0.2, 0.25) is 0 Å².